The Kier molecular flexibility index (Phi) is 65.7. The molecule has 80 heavy (non-hydrogen) atoms. The summed E-state index contributed by atoms with van der Waals surface area (Å²) in [6.07, 6.45) is 89.8. The Hall–Kier alpha value is -3.15. The third-order valence-corrected chi connectivity index (χ3v) is 15.5. The van der Waals surface area contributed by atoms with Gasteiger partial charge in [-0.3, -0.25) is 14.4 Å². The molecule has 0 aromatic carbocycles. The van der Waals surface area contributed by atoms with E-state index in [0.29, 0.717) is 19.3 Å². The van der Waals surface area contributed by atoms with Crippen LogP contribution in [0.15, 0.2) is 72.9 Å². The molecule has 0 N–H and O–H groups in total. The number of hydrogen-bond donors (Lipinski definition) is 0. The van der Waals surface area contributed by atoms with Crippen LogP contribution in [0.3, 0.4) is 0 Å². The molecule has 0 aliphatic heterocycles. The molecule has 6 heteroatoms. The quantitative estimate of drug-likeness (QED) is 0.0261. The van der Waals surface area contributed by atoms with Crippen molar-refractivity contribution in [3.8, 4) is 0 Å². The largest absolute Gasteiger partial charge is 0.462 e. The third-order valence-electron chi connectivity index (χ3n) is 15.5. The Bertz CT molecular complexity index is 1470. The van der Waals surface area contributed by atoms with Gasteiger partial charge in [-0.1, -0.05) is 357 Å². The first-order valence-corrected chi connectivity index (χ1v) is 34.9. The second-order valence-corrected chi connectivity index (χ2v) is 23.4. The van der Waals surface area contributed by atoms with Crippen molar-refractivity contribution in [2.45, 2.75) is 367 Å². The average molecular weight is 1120 g/mol. The van der Waals surface area contributed by atoms with Gasteiger partial charge in [0.05, 0.1) is 0 Å². The van der Waals surface area contributed by atoms with Crippen molar-refractivity contribution in [2.24, 2.45) is 0 Å². The van der Waals surface area contributed by atoms with E-state index in [0.717, 1.165) is 77.0 Å². The summed E-state index contributed by atoms with van der Waals surface area (Å²) in [6.45, 7) is 6.49. The molecule has 0 rings (SSSR count). The fourth-order valence-corrected chi connectivity index (χ4v) is 10.3. The van der Waals surface area contributed by atoms with E-state index in [-0.39, 0.29) is 37.5 Å². The van der Waals surface area contributed by atoms with Gasteiger partial charge in [-0.2, -0.15) is 0 Å². The molecular formula is C74H132O6. The fourth-order valence-electron chi connectivity index (χ4n) is 10.3. The molecule has 0 aromatic rings. The molecule has 6 nitrogen and oxygen atoms in total. The van der Waals surface area contributed by atoms with E-state index in [2.05, 4.69) is 87.6 Å². The second-order valence-electron chi connectivity index (χ2n) is 23.4. The van der Waals surface area contributed by atoms with E-state index in [1.807, 2.05) is 6.08 Å². The van der Waals surface area contributed by atoms with Crippen molar-refractivity contribution in [3.05, 3.63) is 72.9 Å². The zero-order chi connectivity index (χ0) is 57.8. The highest BCUT2D eigenvalue weighted by molar-refractivity contribution is 5.71. The molecule has 1 atom stereocenters. The Labute approximate surface area is 497 Å². The molecule has 0 amide bonds. The van der Waals surface area contributed by atoms with Crippen LogP contribution < -0.4 is 0 Å². The lowest BCUT2D eigenvalue weighted by Gasteiger charge is -2.18. The molecule has 0 fully saturated rings. The molecule has 0 heterocycles. The van der Waals surface area contributed by atoms with E-state index >= 15 is 0 Å². The highest BCUT2D eigenvalue weighted by Crippen LogP contribution is 2.18. The SMILES string of the molecule is CC/C=C\C/C=C\C/C=C\C/C=C\C/C=C\C/C=C\CCC(=O)OC(COC(=O)CCCCCCCCCCC)COC(=O)CCCCCCCCCCCCCCCCCCCCCCCCCCCCCCCCCCCC. The van der Waals surface area contributed by atoms with Gasteiger partial charge in [-0.25, -0.2) is 0 Å². The van der Waals surface area contributed by atoms with Crippen LogP contribution in [0.1, 0.15) is 361 Å². The predicted molar refractivity (Wildman–Crippen MR) is 348 cm³/mol. The molecule has 0 aliphatic carbocycles. The molecule has 0 radical (unpaired) electrons. The molecule has 0 saturated carbocycles. The summed E-state index contributed by atoms with van der Waals surface area (Å²) >= 11 is 0. The van der Waals surface area contributed by atoms with E-state index in [1.54, 1.807) is 0 Å². The first kappa shape index (κ1) is 76.9. The fraction of sp³-hybridized carbons (Fsp3) is 0.797. The van der Waals surface area contributed by atoms with E-state index in [1.165, 1.54) is 238 Å². The maximum atomic E-state index is 12.8. The highest BCUT2D eigenvalue weighted by Gasteiger charge is 2.19. The Balaban J connectivity index is 4.08. The maximum Gasteiger partial charge on any atom is 0.306 e. The molecule has 0 bridgehead atoms. The summed E-state index contributed by atoms with van der Waals surface area (Å²) in [7, 11) is 0. The molecule has 0 aromatic heterocycles. The number of unbranched alkanes of at least 4 members (excludes halogenated alkanes) is 41. The van der Waals surface area contributed by atoms with Gasteiger partial charge in [0.25, 0.3) is 0 Å². The average Bonchev–Trinajstić information content (AvgIpc) is 3.46. The van der Waals surface area contributed by atoms with E-state index < -0.39 is 6.10 Å². The molecule has 0 saturated heterocycles. The predicted octanol–water partition coefficient (Wildman–Crippen LogP) is 24.1. The number of carbonyl (C=O) groups is 3. The smallest absolute Gasteiger partial charge is 0.306 e. The van der Waals surface area contributed by atoms with Crippen LogP contribution in [0.5, 0.6) is 0 Å². The first-order valence-electron chi connectivity index (χ1n) is 34.9. The van der Waals surface area contributed by atoms with E-state index in [9.17, 15) is 14.4 Å². The lowest BCUT2D eigenvalue weighted by atomic mass is 10.0. The molecule has 1 unspecified atom stereocenters. The third kappa shape index (κ3) is 65.7. The number of rotatable bonds is 64. The van der Waals surface area contributed by atoms with Crippen molar-refractivity contribution in [1.29, 1.82) is 0 Å². The lowest BCUT2D eigenvalue weighted by Crippen LogP contribution is -2.30. The van der Waals surface area contributed by atoms with Crippen LogP contribution in [0.25, 0.3) is 0 Å². The van der Waals surface area contributed by atoms with Gasteiger partial charge in [0.1, 0.15) is 13.2 Å². The van der Waals surface area contributed by atoms with Crippen LogP contribution >= 0.6 is 0 Å². The Morgan fingerprint density at radius 2 is 0.487 bits per heavy atom. The number of allylic oxidation sites excluding steroid dienone is 12. The Morgan fingerprint density at radius 1 is 0.263 bits per heavy atom. The van der Waals surface area contributed by atoms with Crippen LogP contribution in [-0.2, 0) is 28.6 Å². The van der Waals surface area contributed by atoms with Crippen molar-refractivity contribution in [3.63, 3.8) is 0 Å². The first-order chi connectivity index (χ1) is 39.5. The normalized spacial score (nSPS) is 12.5. The maximum absolute atomic E-state index is 12.8. The van der Waals surface area contributed by atoms with Gasteiger partial charge in [0, 0.05) is 19.3 Å². The van der Waals surface area contributed by atoms with Crippen molar-refractivity contribution in [1.82, 2.24) is 0 Å². The monoisotopic (exact) mass is 1120 g/mol. The van der Waals surface area contributed by atoms with Gasteiger partial charge >= 0.3 is 17.9 Å². The van der Waals surface area contributed by atoms with Crippen LogP contribution in [-0.4, -0.2) is 37.2 Å². The number of esters is 3. The standard InChI is InChI=1S/C74H132O6/c1-4-7-10-13-16-19-21-23-25-27-29-30-31-32-33-34-35-36-37-38-39-40-41-42-43-45-46-48-50-52-55-58-61-64-67-73(76)79-70-71(69-78-72(75)66-63-60-57-54-18-15-12-9-6-3)80-74(77)68-65-62-59-56-53-51-49-47-44-28-26-24-22-20-17-14-11-8-5-2/h8,11,17,20,24,26,44,47,51,53,59,62,71H,4-7,9-10,12-16,18-19,21-23,25,27-43,45-46,48-50,52,54-58,60-61,63-70H2,1-3H3/b11-8-,20-17-,26-24-,47-44-,53-51-,62-59-. The number of ether oxygens (including phenoxy) is 3. The summed E-state index contributed by atoms with van der Waals surface area (Å²) in [4.78, 5) is 38.2. The highest BCUT2D eigenvalue weighted by atomic mass is 16.6. The van der Waals surface area contributed by atoms with Gasteiger partial charge in [-0.05, 0) is 57.8 Å². The summed E-state index contributed by atoms with van der Waals surface area (Å²) in [5, 5.41) is 0. The number of carbonyl (C=O) groups excluding carboxylic acids is 3. The van der Waals surface area contributed by atoms with Crippen molar-refractivity contribution < 1.29 is 28.6 Å². The summed E-state index contributed by atoms with van der Waals surface area (Å²) in [5.74, 6) is -0.974. The van der Waals surface area contributed by atoms with Gasteiger partial charge in [0.15, 0.2) is 6.10 Å². The van der Waals surface area contributed by atoms with Gasteiger partial charge in [-0.15, -0.1) is 0 Å². The van der Waals surface area contributed by atoms with Crippen LogP contribution in [0.2, 0.25) is 0 Å². The second kappa shape index (κ2) is 68.3. The lowest BCUT2D eigenvalue weighted by molar-refractivity contribution is -0.166. The summed E-state index contributed by atoms with van der Waals surface area (Å²) in [6, 6.07) is 0. The minimum absolute atomic E-state index is 0.102. The molecule has 464 valence electrons. The van der Waals surface area contributed by atoms with Crippen LogP contribution in [0.4, 0.5) is 0 Å². The zero-order valence-electron chi connectivity index (χ0n) is 53.3. The summed E-state index contributed by atoms with van der Waals surface area (Å²) in [5.41, 5.74) is 0. The van der Waals surface area contributed by atoms with Crippen molar-refractivity contribution in [2.75, 3.05) is 13.2 Å². The van der Waals surface area contributed by atoms with Gasteiger partial charge < -0.3 is 14.2 Å². The molecule has 0 spiro atoms. The van der Waals surface area contributed by atoms with Gasteiger partial charge in [0.2, 0.25) is 0 Å². The zero-order valence-corrected chi connectivity index (χ0v) is 53.3. The minimum atomic E-state index is -0.813. The van der Waals surface area contributed by atoms with E-state index in [4.69, 9.17) is 14.2 Å². The van der Waals surface area contributed by atoms with Crippen molar-refractivity contribution >= 4 is 17.9 Å². The topological polar surface area (TPSA) is 78.9 Å². The Morgan fingerprint density at radius 3 is 0.738 bits per heavy atom. The number of hydrogen-bond acceptors (Lipinski definition) is 6. The molecule has 0 aliphatic rings. The minimum Gasteiger partial charge on any atom is -0.462 e. The van der Waals surface area contributed by atoms with Crippen LogP contribution in [0, 0.1) is 0 Å². The molecular weight excluding hydrogens is 985 g/mol. The summed E-state index contributed by atoms with van der Waals surface area (Å²) < 4.78 is 16.8.